The topological polar surface area (TPSA) is 77.6 Å². The number of carbonyl (C=O) groups excluding carboxylic acids is 1. The summed E-state index contributed by atoms with van der Waals surface area (Å²) >= 11 is 0. The molecule has 6 nitrogen and oxygen atoms in total. The van der Waals surface area contributed by atoms with Crippen LogP contribution in [0.5, 0.6) is 0 Å². The lowest BCUT2D eigenvalue weighted by atomic mass is 9.99. The van der Waals surface area contributed by atoms with Crippen molar-refractivity contribution in [3.05, 3.63) is 39.4 Å². The van der Waals surface area contributed by atoms with Gasteiger partial charge >= 0.3 is 5.97 Å². The zero-order valence-corrected chi connectivity index (χ0v) is 17.9. The van der Waals surface area contributed by atoms with Gasteiger partial charge in [-0.15, -0.1) is 0 Å². The Morgan fingerprint density at radius 3 is 2.63 bits per heavy atom. The Labute approximate surface area is 175 Å². The van der Waals surface area contributed by atoms with Gasteiger partial charge in [-0.05, 0) is 45.6 Å². The highest BCUT2D eigenvalue weighted by Crippen LogP contribution is 2.41. The molecule has 2 N–H and O–H groups in total. The number of ether oxygens (including phenoxy) is 1. The van der Waals surface area contributed by atoms with Gasteiger partial charge in [-0.1, -0.05) is 13.3 Å². The molecule has 1 aliphatic heterocycles. The van der Waals surface area contributed by atoms with Crippen LogP contribution >= 0.6 is 0 Å². The largest absolute Gasteiger partial charge is 0.462 e. The van der Waals surface area contributed by atoms with E-state index in [-0.39, 0.29) is 35.7 Å². The van der Waals surface area contributed by atoms with Crippen LogP contribution in [0.15, 0.2) is 17.1 Å². The molecule has 2 aromatic rings. The molecule has 1 aromatic carbocycles. The smallest absolute Gasteiger partial charge is 0.343 e. The molecule has 0 radical (unpaired) electrons. The number of fused-ring (bicyclic) bond motifs is 1. The Kier molecular flexibility index (Phi) is 5.57. The Morgan fingerprint density at radius 1 is 1.33 bits per heavy atom. The Morgan fingerprint density at radius 2 is 2.07 bits per heavy atom. The second kappa shape index (κ2) is 8.02. The van der Waals surface area contributed by atoms with Gasteiger partial charge in [-0.2, -0.15) is 0 Å². The molecule has 0 amide bonds. The molecule has 1 aliphatic carbocycles. The number of nitrogens with two attached hydrogens (primary N) is 1. The highest BCUT2D eigenvalue weighted by atomic mass is 19.1. The quantitative estimate of drug-likeness (QED) is 0.731. The van der Waals surface area contributed by atoms with Crippen LogP contribution in [0.4, 0.5) is 10.1 Å². The molecule has 4 rings (SSSR count). The first-order valence-electron chi connectivity index (χ1n) is 11.0. The van der Waals surface area contributed by atoms with E-state index in [4.69, 9.17) is 10.5 Å². The lowest BCUT2D eigenvalue weighted by Crippen LogP contribution is -2.31. The summed E-state index contributed by atoms with van der Waals surface area (Å²) < 4.78 is 22.6. The van der Waals surface area contributed by atoms with Crippen LogP contribution in [0.3, 0.4) is 0 Å². The van der Waals surface area contributed by atoms with E-state index >= 15 is 4.39 Å². The van der Waals surface area contributed by atoms with Crippen molar-refractivity contribution in [2.24, 2.45) is 5.73 Å². The van der Waals surface area contributed by atoms with E-state index in [9.17, 15) is 9.59 Å². The fraction of sp³-hybridized carbons (Fsp3) is 0.565. The number of nitrogens with zero attached hydrogens (tertiary/aromatic N) is 2. The van der Waals surface area contributed by atoms with Crippen molar-refractivity contribution in [3.63, 3.8) is 0 Å². The molecule has 2 fully saturated rings. The van der Waals surface area contributed by atoms with Crippen LogP contribution in [-0.4, -0.2) is 35.8 Å². The van der Waals surface area contributed by atoms with Gasteiger partial charge in [-0.25, -0.2) is 9.18 Å². The molecule has 30 heavy (non-hydrogen) atoms. The fourth-order valence-corrected chi connectivity index (χ4v) is 4.73. The number of hydrogen-bond acceptors (Lipinski definition) is 5. The zero-order chi connectivity index (χ0) is 21.6. The third-order valence-corrected chi connectivity index (χ3v) is 6.17. The number of esters is 1. The second-order valence-electron chi connectivity index (χ2n) is 8.56. The van der Waals surface area contributed by atoms with Gasteiger partial charge in [0.05, 0.1) is 17.8 Å². The third-order valence-electron chi connectivity index (χ3n) is 6.17. The van der Waals surface area contributed by atoms with Gasteiger partial charge in [0.1, 0.15) is 11.4 Å². The fourth-order valence-electron chi connectivity index (χ4n) is 4.73. The maximum atomic E-state index is 15.5. The maximum Gasteiger partial charge on any atom is 0.343 e. The summed E-state index contributed by atoms with van der Waals surface area (Å²) in [4.78, 5) is 27.6. The average molecular weight is 416 g/mol. The summed E-state index contributed by atoms with van der Waals surface area (Å²) in [5, 5.41) is 0.258. The van der Waals surface area contributed by atoms with Crippen molar-refractivity contribution in [1.29, 1.82) is 0 Å². The van der Waals surface area contributed by atoms with E-state index in [1.165, 1.54) is 6.07 Å². The molecular formula is C23H30FN3O3. The van der Waals surface area contributed by atoms with Gasteiger partial charge in [0.25, 0.3) is 0 Å². The minimum Gasteiger partial charge on any atom is -0.462 e. The van der Waals surface area contributed by atoms with Gasteiger partial charge in [0.15, 0.2) is 0 Å². The number of benzene rings is 1. The zero-order valence-electron chi connectivity index (χ0n) is 17.9. The first-order valence-corrected chi connectivity index (χ1v) is 11.0. The predicted molar refractivity (Wildman–Crippen MR) is 116 cm³/mol. The summed E-state index contributed by atoms with van der Waals surface area (Å²) in [5.41, 5.74) is 7.82. The molecule has 7 heteroatoms. The first kappa shape index (κ1) is 20.8. The lowest BCUT2D eigenvalue weighted by molar-refractivity contribution is 0.0524. The van der Waals surface area contributed by atoms with E-state index in [1.54, 1.807) is 13.1 Å². The Hall–Kier alpha value is -2.41. The normalized spacial score (nSPS) is 21.4. The lowest BCUT2D eigenvalue weighted by Gasteiger charge is -2.29. The highest BCUT2D eigenvalue weighted by molar-refractivity contribution is 5.96. The molecule has 162 valence electrons. The molecule has 2 heterocycles. The van der Waals surface area contributed by atoms with Gasteiger partial charge in [0.2, 0.25) is 5.43 Å². The number of aromatic nitrogens is 1. The SMILES string of the molecule is CCCc1c(N2C[C@@H](N)CC2C)c(F)cc2c(=O)c(C(=O)OCC)cn(C3CC3)c12. The molecule has 2 aliphatic rings. The first-order chi connectivity index (χ1) is 14.4. The van der Waals surface area contributed by atoms with Crippen molar-refractivity contribution in [2.75, 3.05) is 18.1 Å². The van der Waals surface area contributed by atoms with Gasteiger partial charge in [0, 0.05) is 41.8 Å². The number of pyridine rings is 1. The Balaban J connectivity index is 2.02. The Bertz CT molecular complexity index is 1040. The third kappa shape index (κ3) is 3.49. The molecular weight excluding hydrogens is 385 g/mol. The van der Waals surface area contributed by atoms with E-state index in [1.807, 2.05) is 16.4 Å². The van der Waals surface area contributed by atoms with E-state index in [0.717, 1.165) is 36.8 Å². The molecule has 1 saturated carbocycles. The number of aryl methyl sites for hydroxylation is 1. The van der Waals surface area contributed by atoms with Crippen LogP contribution < -0.4 is 16.1 Å². The van der Waals surface area contributed by atoms with E-state index in [0.29, 0.717) is 18.7 Å². The number of carbonyl (C=O) groups is 1. The van der Waals surface area contributed by atoms with E-state index < -0.39 is 17.2 Å². The van der Waals surface area contributed by atoms with Crippen molar-refractivity contribution in [3.8, 4) is 0 Å². The molecule has 1 saturated heterocycles. The molecule has 1 aromatic heterocycles. The second-order valence-corrected chi connectivity index (χ2v) is 8.56. The van der Waals surface area contributed by atoms with Gasteiger partial charge in [-0.3, -0.25) is 4.79 Å². The number of halogens is 1. The summed E-state index contributed by atoms with van der Waals surface area (Å²) in [6, 6.07) is 1.65. The molecule has 0 spiro atoms. The summed E-state index contributed by atoms with van der Waals surface area (Å²) in [7, 11) is 0. The summed E-state index contributed by atoms with van der Waals surface area (Å²) in [6.07, 6.45) is 5.85. The van der Waals surface area contributed by atoms with Crippen molar-refractivity contribution >= 4 is 22.6 Å². The summed E-state index contributed by atoms with van der Waals surface area (Å²) in [5.74, 6) is -1.08. The van der Waals surface area contributed by atoms with Crippen LogP contribution in [0.2, 0.25) is 0 Å². The van der Waals surface area contributed by atoms with Gasteiger partial charge < -0.3 is 19.9 Å². The van der Waals surface area contributed by atoms with Crippen molar-refractivity contribution < 1.29 is 13.9 Å². The summed E-state index contributed by atoms with van der Waals surface area (Å²) in [6.45, 7) is 6.58. The highest BCUT2D eigenvalue weighted by Gasteiger charge is 2.34. The maximum absolute atomic E-state index is 15.5. The van der Waals surface area contributed by atoms with Crippen LogP contribution in [0, 0.1) is 5.82 Å². The molecule has 1 unspecified atom stereocenters. The number of rotatable bonds is 6. The minimum absolute atomic E-state index is 0.00129. The molecule has 2 atom stereocenters. The van der Waals surface area contributed by atoms with E-state index in [2.05, 4.69) is 6.92 Å². The van der Waals surface area contributed by atoms with Crippen molar-refractivity contribution in [2.45, 2.75) is 71.0 Å². The van der Waals surface area contributed by atoms with Crippen LogP contribution in [0.25, 0.3) is 10.9 Å². The molecule has 0 bridgehead atoms. The minimum atomic E-state index is -0.653. The average Bonchev–Trinajstić information content (AvgIpc) is 3.47. The standard InChI is InChI=1S/C23H30FN3O3/c1-4-6-16-20-17(10-19(24)21(16)26-11-14(25)9-13(26)3)22(28)18(23(29)30-5-2)12-27(20)15-7-8-15/h10,12-15H,4-9,11,25H2,1-3H3/t13?,14-/m0/s1. The predicted octanol–water partition coefficient (Wildman–Crippen LogP) is 3.53. The van der Waals surface area contributed by atoms with Crippen LogP contribution in [-0.2, 0) is 11.2 Å². The van der Waals surface area contributed by atoms with Crippen LogP contribution in [0.1, 0.15) is 68.4 Å². The number of anilines is 1. The van der Waals surface area contributed by atoms with Crippen molar-refractivity contribution in [1.82, 2.24) is 4.57 Å². The monoisotopic (exact) mass is 415 g/mol. The number of hydrogen-bond donors (Lipinski definition) is 1.